The maximum atomic E-state index is 12.2. The van der Waals surface area contributed by atoms with E-state index >= 15 is 0 Å². The molecule has 0 unspecified atom stereocenters. The lowest BCUT2D eigenvalue weighted by atomic mass is 10.2. The van der Waals surface area contributed by atoms with Gasteiger partial charge < -0.3 is 4.90 Å². The molecule has 1 aliphatic heterocycles. The van der Waals surface area contributed by atoms with Crippen LogP contribution in [0.5, 0.6) is 0 Å². The second-order valence-electron chi connectivity index (χ2n) is 5.43. The molecule has 0 atom stereocenters. The Kier molecular flexibility index (Phi) is 4.75. The molecule has 0 aliphatic carbocycles. The molecular formula is C15H20N6O. The number of rotatable bonds is 5. The molecule has 116 valence electrons. The first-order valence-electron chi connectivity index (χ1n) is 7.53. The van der Waals surface area contributed by atoms with Crippen molar-refractivity contribution < 1.29 is 4.79 Å². The molecule has 0 saturated carbocycles. The third kappa shape index (κ3) is 3.88. The minimum Gasteiger partial charge on any atom is -0.340 e. The Balaban J connectivity index is 1.42. The summed E-state index contributed by atoms with van der Waals surface area (Å²) >= 11 is 0. The van der Waals surface area contributed by atoms with Gasteiger partial charge in [0, 0.05) is 51.5 Å². The fraction of sp³-hybridized carbons (Fsp3) is 0.467. The lowest BCUT2D eigenvalue weighted by Crippen LogP contribution is -2.48. The first-order valence-corrected chi connectivity index (χ1v) is 7.53. The molecule has 0 spiro atoms. The van der Waals surface area contributed by atoms with Gasteiger partial charge in [0.25, 0.3) is 0 Å². The van der Waals surface area contributed by atoms with Crippen molar-refractivity contribution in [1.82, 2.24) is 29.5 Å². The van der Waals surface area contributed by atoms with Crippen molar-refractivity contribution >= 4 is 5.91 Å². The molecule has 1 amide bonds. The van der Waals surface area contributed by atoms with Crippen LogP contribution in [0.15, 0.2) is 37.2 Å². The largest absolute Gasteiger partial charge is 0.340 e. The zero-order chi connectivity index (χ0) is 15.2. The first-order chi connectivity index (χ1) is 10.8. The molecule has 2 aromatic rings. The highest BCUT2D eigenvalue weighted by Gasteiger charge is 2.20. The number of piperazine rings is 1. The molecule has 22 heavy (non-hydrogen) atoms. The van der Waals surface area contributed by atoms with Crippen molar-refractivity contribution in [2.24, 2.45) is 0 Å². The molecule has 7 heteroatoms. The van der Waals surface area contributed by atoms with Gasteiger partial charge in [0.15, 0.2) is 0 Å². The number of aryl methyl sites for hydroxylation is 1. The molecule has 1 saturated heterocycles. The first kappa shape index (κ1) is 14.6. The SMILES string of the molecule is O=C(CCn1cncn1)N1CCN(Cc2cccnc2)CC1. The Morgan fingerprint density at radius 3 is 2.73 bits per heavy atom. The molecule has 1 aliphatic rings. The van der Waals surface area contributed by atoms with E-state index in [-0.39, 0.29) is 5.91 Å². The maximum Gasteiger partial charge on any atom is 0.224 e. The fourth-order valence-electron chi connectivity index (χ4n) is 2.62. The van der Waals surface area contributed by atoms with E-state index in [9.17, 15) is 4.79 Å². The van der Waals surface area contributed by atoms with Crippen LogP contribution >= 0.6 is 0 Å². The van der Waals surface area contributed by atoms with Crippen LogP contribution in [-0.2, 0) is 17.9 Å². The number of hydrogen-bond donors (Lipinski definition) is 0. The summed E-state index contributed by atoms with van der Waals surface area (Å²) < 4.78 is 1.69. The number of amides is 1. The molecule has 3 heterocycles. The minimum absolute atomic E-state index is 0.191. The molecule has 7 nitrogen and oxygen atoms in total. The second-order valence-corrected chi connectivity index (χ2v) is 5.43. The van der Waals surface area contributed by atoms with Crippen LogP contribution in [0, 0.1) is 0 Å². The Bertz CT molecular complexity index is 577. The van der Waals surface area contributed by atoms with Gasteiger partial charge in [0.1, 0.15) is 12.7 Å². The smallest absolute Gasteiger partial charge is 0.224 e. The quantitative estimate of drug-likeness (QED) is 0.800. The summed E-state index contributed by atoms with van der Waals surface area (Å²) in [5.41, 5.74) is 1.22. The molecule has 0 N–H and O–H groups in total. The summed E-state index contributed by atoms with van der Waals surface area (Å²) in [4.78, 5) is 24.5. The number of nitrogens with zero attached hydrogens (tertiary/aromatic N) is 6. The van der Waals surface area contributed by atoms with Crippen molar-refractivity contribution in [3.63, 3.8) is 0 Å². The Morgan fingerprint density at radius 2 is 2.05 bits per heavy atom. The third-order valence-electron chi connectivity index (χ3n) is 3.88. The molecule has 3 rings (SSSR count). The maximum absolute atomic E-state index is 12.2. The number of carbonyl (C=O) groups is 1. The lowest BCUT2D eigenvalue weighted by molar-refractivity contribution is -0.133. The van der Waals surface area contributed by atoms with E-state index in [0.717, 1.165) is 32.7 Å². The molecular weight excluding hydrogens is 280 g/mol. The van der Waals surface area contributed by atoms with E-state index < -0.39 is 0 Å². The zero-order valence-corrected chi connectivity index (χ0v) is 12.5. The number of carbonyl (C=O) groups excluding carboxylic acids is 1. The molecule has 1 fully saturated rings. The van der Waals surface area contributed by atoms with Crippen LogP contribution in [0.3, 0.4) is 0 Å². The second kappa shape index (κ2) is 7.13. The molecule has 0 aromatic carbocycles. The summed E-state index contributed by atoms with van der Waals surface area (Å²) in [6.45, 7) is 4.88. The summed E-state index contributed by atoms with van der Waals surface area (Å²) in [5.74, 6) is 0.191. The fourth-order valence-corrected chi connectivity index (χ4v) is 2.62. The predicted octanol–water partition coefficient (Wildman–Crippen LogP) is 0.408. The third-order valence-corrected chi connectivity index (χ3v) is 3.88. The van der Waals surface area contributed by atoms with Crippen molar-refractivity contribution in [2.45, 2.75) is 19.5 Å². The van der Waals surface area contributed by atoms with Gasteiger partial charge in [-0.2, -0.15) is 5.10 Å². The van der Waals surface area contributed by atoms with Crippen LogP contribution < -0.4 is 0 Å². The van der Waals surface area contributed by atoms with Gasteiger partial charge in [0.05, 0.1) is 6.54 Å². The summed E-state index contributed by atoms with van der Waals surface area (Å²) in [5, 5.41) is 4.01. The van der Waals surface area contributed by atoms with Crippen molar-refractivity contribution in [3.8, 4) is 0 Å². The highest BCUT2D eigenvalue weighted by atomic mass is 16.2. The normalized spacial score (nSPS) is 15.9. The van der Waals surface area contributed by atoms with Gasteiger partial charge in [-0.05, 0) is 11.6 Å². The van der Waals surface area contributed by atoms with E-state index in [0.29, 0.717) is 13.0 Å². The van der Waals surface area contributed by atoms with E-state index in [1.807, 2.05) is 17.2 Å². The van der Waals surface area contributed by atoms with Crippen molar-refractivity contribution in [2.75, 3.05) is 26.2 Å². The lowest BCUT2D eigenvalue weighted by Gasteiger charge is -2.34. The summed E-state index contributed by atoms with van der Waals surface area (Å²) in [7, 11) is 0. The van der Waals surface area contributed by atoms with E-state index in [1.165, 1.54) is 11.9 Å². The van der Waals surface area contributed by atoms with Gasteiger partial charge in [-0.15, -0.1) is 0 Å². The average Bonchev–Trinajstić information content (AvgIpc) is 3.08. The Hall–Kier alpha value is -2.28. The van der Waals surface area contributed by atoms with Gasteiger partial charge >= 0.3 is 0 Å². The topological polar surface area (TPSA) is 67.2 Å². The average molecular weight is 300 g/mol. The predicted molar refractivity (Wildman–Crippen MR) is 80.7 cm³/mol. The summed E-state index contributed by atoms with van der Waals surface area (Å²) in [6, 6.07) is 4.04. The number of aromatic nitrogens is 4. The number of pyridine rings is 1. The molecule has 0 bridgehead atoms. The highest BCUT2D eigenvalue weighted by molar-refractivity contribution is 5.76. The van der Waals surface area contributed by atoms with Crippen molar-refractivity contribution in [3.05, 3.63) is 42.7 Å². The van der Waals surface area contributed by atoms with E-state index in [4.69, 9.17) is 0 Å². The van der Waals surface area contributed by atoms with E-state index in [2.05, 4.69) is 26.0 Å². The van der Waals surface area contributed by atoms with Crippen LogP contribution in [0.2, 0.25) is 0 Å². The molecule has 2 aromatic heterocycles. The van der Waals surface area contributed by atoms with Crippen LogP contribution in [0.25, 0.3) is 0 Å². The monoisotopic (exact) mass is 300 g/mol. The summed E-state index contributed by atoms with van der Waals surface area (Å²) in [6.07, 6.45) is 7.29. The highest BCUT2D eigenvalue weighted by Crippen LogP contribution is 2.08. The van der Waals surface area contributed by atoms with Crippen LogP contribution in [0.4, 0.5) is 0 Å². The standard InChI is InChI=1S/C15H20N6O/c22-15(3-5-21-13-17-12-18-21)20-8-6-19(7-9-20)11-14-2-1-4-16-10-14/h1-2,4,10,12-13H,3,5-9,11H2. The Labute approximate surface area is 129 Å². The van der Waals surface area contributed by atoms with Gasteiger partial charge in [-0.3, -0.25) is 19.4 Å². The van der Waals surface area contributed by atoms with Crippen LogP contribution in [0.1, 0.15) is 12.0 Å². The molecule has 0 radical (unpaired) electrons. The van der Waals surface area contributed by atoms with Gasteiger partial charge in [-0.1, -0.05) is 6.07 Å². The van der Waals surface area contributed by atoms with Crippen molar-refractivity contribution in [1.29, 1.82) is 0 Å². The van der Waals surface area contributed by atoms with Gasteiger partial charge in [0.2, 0.25) is 5.91 Å². The number of hydrogen-bond acceptors (Lipinski definition) is 5. The zero-order valence-electron chi connectivity index (χ0n) is 12.5. The van der Waals surface area contributed by atoms with Crippen LogP contribution in [-0.4, -0.2) is 61.6 Å². The minimum atomic E-state index is 0.191. The Morgan fingerprint density at radius 1 is 1.18 bits per heavy atom. The van der Waals surface area contributed by atoms with E-state index in [1.54, 1.807) is 17.2 Å². The van der Waals surface area contributed by atoms with Gasteiger partial charge in [-0.25, -0.2) is 4.98 Å².